The van der Waals surface area contributed by atoms with E-state index in [2.05, 4.69) is 10.3 Å². The van der Waals surface area contributed by atoms with Gasteiger partial charge in [-0.1, -0.05) is 29.8 Å². The van der Waals surface area contributed by atoms with Gasteiger partial charge in [0.2, 0.25) is 5.91 Å². The van der Waals surface area contributed by atoms with E-state index in [9.17, 15) is 22.8 Å². The van der Waals surface area contributed by atoms with Crippen molar-refractivity contribution in [1.29, 1.82) is 0 Å². The molecule has 2 fully saturated rings. The minimum absolute atomic E-state index is 0.115. The van der Waals surface area contributed by atoms with Crippen LogP contribution in [0.2, 0.25) is 5.02 Å². The SMILES string of the molecule is O=C1CC[C@H](C=C(c2ccc(Cl)c(C(F)(F)F)c2)c2ccc(C3CC3)c(=O)[nH]2)N1. The van der Waals surface area contributed by atoms with Gasteiger partial charge in [0.25, 0.3) is 5.56 Å². The van der Waals surface area contributed by atoms with E-state index >= 15 is 0 Å². The van der Waals surface area contributed by atoms with Crippen molar-refractivity contribution in [2.24, 2.45) is 0 Å². The van der Waals surface area contributed by atoms with Crippen LogP contribution in [0, 0.1) is 0 Å². The van der Waals surface area contributed by atoms with Crippen LogP contribution in [0.1, 0.15) is 54.0 Å². The Morgan fingerprint density at radius 2 is 1.86 bits per heavy atom. The van der Waals surface area contributed by atoms with Crippen LogP contribution in [-0.4, -0.2) is 16.9 Å². The lowest BCUT2D eigenvalue weighted by Gasteiger charge is -2.15. The molecule has 0 bridgehead atoms. The van der Waals surface area contributed by atoms with E-state index in [1.165, 1.54) is 12.1 Å². The normalized spacial score (nSPS) is 20.1. The fraction of sp³-hybridized carbons (Fsp3) is 0.333. The van der Waals surface area contributed by atoms with Crippen LogP contribution < -0.4 is 10.9 Å². The first-order chi connectivity index (χ1) is 13.7. The second kappa shape index (κ2) is 7.37. The molecule has 2 aromatic rings. The molecule has 1 aromatic carbocycles. The van der Waals surface area contributed by atoms with Gasteiger partial charge < -0.3 is 10.3 Å². The number of amides is 1. The highest BCUT2D eigenvalue weighted by molar-refractivity contribution is 6.31. The standard InChI is InChI=1S/C21H18ClF3N2O2/c22-17-6-3-12(9-16(17)21(23,24)25)15(10-13-4-8-19(28)26-13)18-7-5-14(11-1-2-11)20(29)27-18/h3,5-7,9-11,13H,1-2,4,8H2,(H,26,28)(H,27,29)/t13-/m1/s1. The van der Waals surface area contributed by atoms with Gasteiger partial charge in [-0.3, -0.25) is 9.59 Å². The Balaban J connectivity index is 1.81. The number of H-pyrrole nitrogens is 1. The second-order valence-corrected chi connectivity index (χ2v) is 7.82. The molecule has 1 atom stereocenters. The summed E-state index contributed by atoms with van der Waals surface area (Å²) < 4.78 is 40.0. The van der Waals surface area contributed by atoms with E-state index in [-0.39, 0.29) is 29.0 Å². The molecule has 152 valence electrons. The summed E-state index contributed by atoms with van der Waals surface area (Å²) in [7, 11) is 0. The molecule has 2 heterocycles. The number of carbonyl (C=O) groups excluding carboxylic acids is 1. The third-order valence-electron chi connectivity index (χ3n) is 5.23. The molecule has 1 amide bonds. The zero-order chi connectivity index (χ0) is 20.8. The summed E-state index contributed by atoms with van der Waals surface area (Å²) >= 11 is 5.75. The molecule has 1 saturated carbocycles. The van der Waals surface area contributed by atoms with Crippen molar-refractivity contribution in [1.82, 2.24) is 10.3 Å². The number of halogens is 4. The lowest BCUT2D eigenvalue weighted by Crippen LogP contribution is -2.24. The number of alkyl halides is 3. The second-order valence-electron chi connectivity index (χ2n) is 7.42. The smallest absolute Gasteiger partial charge is 0.350 e. The Labute approximate surface area is 169 Å². The monoisotopic (exact) mass is 422 g/mol. The number of benzene rings is 1. The Kier molecular flexibility index (Phi) is 5.02. The van der Waals surface area contributed by atoms with Gasteiger partial charge in [0, 0.05) is 29.3 Å². The lowest BCUT2D eigenvalue weighted by molar-refractivity contribution is -0.137. The molecule has 2 N–H and O–H groups in total. The summed E-state index contributed by atoms with van der Waals surface area (Å²) in [4.78, 5) is 26.8. The third-order valence-corrected chi connectivity index (χ3v) is 5.56. The van der Waals surface area contributed by atoms with Gasteiger partial charge in [0.05, 0.1) is 10.6 Å². The molecule has 0 radical (unpaired) electrons. The molecule has 1 aliphatic carbocycles. The van der Waals surface area contributed by atoms with Gasteiger partial charge in [0.15, 0.2) is 0 Å². The highest BCUT2D eigenvalue weighted by Crippen LogP contribution is 2.39. The van der Waals surface area contributed by atoms with Crippen LogP contribution in [0.25, 0.3) is 5.57 Å². The molecular formula is C21H18ClF3N2O2. The quantitative estimate of drug-likeness (QED) is 0.754. The first-order valence-electron chi connectivity index (χ1n) is 9.34. The number of hydrogen-bond acceptors (Lipinski definition) is 2. The molecule has 1 saturated heterocycles. The van der Waals surface area contributed by atoms with E-state index in [4.69, 9.17) is 11.6 Å². The molecule has 1 aliphatic heterocycles. The predicted molar refractivity (Wildman–Crippen MR) is 104 cm³/mol. The number of aromatic nitrogens is 1. The van der Waals surface area contributed by atoms with E-state index in [1.807, 2.05) is 0 Å². The average Bonchev–Trinajstić information content (AvgIpc) is 3.41. The van der Waals surface area contributed by atoms with Gasteiger partial charge in [-0.2, -0.15) is 13.2 Å². The zero-order valence-corrected chi connectivity index (χ0v) is 16.0. The van der Waals surface area contributed by atoms with Crippen LogP contribution in [-0.2, 0) is 11.0 Å². The van der Waals surface area contributed by atoms with Gasteiger partial charge in [0.1, 0.15) is 0 Å². The van der Waals surface area contributed by atoms with Crippen molar-refractivity contribution in [2.75, 3.05) is 0 Å². The van der Waals surface area contributed by atoms with Crippen LogP contribution in [0.15, 0.2) is 41.2 Å². The summed E-state index contributed by atoms with van der Waals surface area (Å²) in [6.07, 6.45) is -0.109. The van der Waals surface area contributed by atoms with Crippen LogP contribution in [0.4, 0.5) is 13.2 Å². The number of hydrogen-bond donors (Lipinski definition) is 2. The molecule has 8 heteroatoms. The minimum Gasteiger partial charge on any atom is -0.350 e. The Bertz CT molecular complexity index is 1050. The fourth-order valence-electron chi connectivity index (χ4n) is 3.57. The number of pyridine rings is 1. The van der Waals surface area contributed by atoms with Gasteiger partial charge >= 0.3 is 6.18 Å². The maximum absolute atomic E-state index is 13.3. The van der Waals surface area contributed by atoms with Crippen molar-refractivity contribution in [3.05, 3.63) is 74.2 Å². The largest absolute Gasteiger partial charge is 0.417 e. The highest BCUT2D eigenvalue weighted by Gasteiger charge is 2.34. The van der Waals surface area contributed by atoms with E-state index < -0.39 is 16.8 Å². The average molecular weight is 423 g/mol. The number of nitrogens with one attached hydrogen (secondary N) is 2. The molecule has 4 nitrogen and oxygen atoms in total. The molecule has 0 unspecified atom stereocenters. The maximum Gasteiger partial charge on any atom is 0.417 e. The van der Waals surface area contributed by atoms with E-state index in [1.54, 1.807) is 18.2 Å². The number of rotatable bonds is 4. The summed E-state index contributed by atoms with van der Waals surface area (Å²) in [5, 5.41) is 2.38. The van der Waals surface area contributed by atoms with Crippen molar-refractivity contribution in [3.8, 4) is 0 Å². The van der Waals surface area contributed by atoms with Crippen LogP contribution >= 0.6 is 11.6 Å². The van der Waals surface area contributed by atoms with Crippen molar-refractivity contribution < 1.29 is 18.0 Å². The molecular weight excluding hydrogens is 405 g/mol. The summed E-state index contributed by atoms with van der Waals surface area (Å²) in [6, 6.07) is 6.75. The van der Waals surface area contributed by atoms with Crippen LogP contribution in [0.5, 0.6) is 0 Å². The highest BCUT2D eigenvalue weighted by atomic mass is 35.5. The van der Waals surface area contributed by atoms with Crippen molar-refractivity contribution in [3.63, 3.8) is 0 Å². The summed E-state index contributed by atoms with van der Waals surface area (Å²) in [5.74, 6) is 0.136. The third kappa shape index (κ3) is 4.24. The number of carbonyl (C=O) groups is 1. The Hall–Kier alpha value is -2.54. The predicted octanol–water partition coefficient (Wildman–Crippen LogP) is 4.63. The van der Waals surface area contributed by atoms with Gasteiger partial charge in [-0.05, 0) is 48.9 Å². The molecule has 2 aliphatic rings. The minimum atomic E-state index is -4.61. The summed E-state index contributed by atoms with van der Waals surface area (Å²) in [5.41, 5.74) is 0.577. The Morgan fingerprint density at radius 1 is 1.10 bits per heavy atom. The maximum atomic E-state index is 13.3. The van der Waals surface area contributed by atoms with E-state index in [0.29, 0.717) is 29.7 Å². The zero-order valence-electron chi connectivity index (χ0n) is 15.3. The van der Waals surface area contributed by atoms with Crippen LogP contribution in [0.3, 0.4) is 0 Å². The fourth-order valence-corrected chi connectivity index (χ4v) is 3.80. The molecule has 0 spiro atoms. The number of aromatic amines is 1. The molecule has 29 heavy (non-hydrogen) atoms. The van der Waals surface area contributed by atoms with Crippen molar-refractivity contribution >= 4 is 23.1 Å². The lowest BCUT2D eigenvalue weighted by atomic mass is 9.96. The van der Waals surface area contributed by atoms with Gasteiger partial charge in [-0.15, -0.1) is 0 Å². The molecule has 1 aromatic heterocycles. The van der Waals surface area contributed by atoms with Gasteiger partial charge in [-0.25, -0.2) is 0 Å². The topological polar surface area (TPSA) is 62.0 Å². The summed E-state index contributed by atoms with van der Waals surface area (Å²) in [6.45, 7) is 0. The Morgan fingerprint density at radius 3 is 2.45 bits per heavy atom. The molecule has 4 rings (SSSR count). The van der Waals surface area contributed by atoms with Crippen molar-refractivity contribution in [2.45, 2.75) is 43.8 Å². The van der Waals surface area contributed by atoms with E-state index in [0.717, 1.165) is 18.9 Å². The first kappa shape index (κ1) is 19.8. The first-order valence-corrected chi connectivity index (χ1v) is 9.72.